The van der Waals surface area contributed by atoms with Crippen molar-refractivity contribution in [2.24, 2.45) is 0 Å². The van der Waals surface area contributed by atoms with Gasteiger partial charge >= 0.3 is 0 Å². The molecule has 146 valence electrons. The summed E-state index contributed by atoms with van der Waals surface area (Å²) in [5.41, 5.74) is 2.11. The zero-order valence-electron chi connectivity index (χ0n) is 16.1. The lowest BCUT2D eigenvalue weighted by Crippen LogP contribution is -2.38. The number of carbonyl (C=O) groups is 1. The molecule has 0 fully saturated rings. The van der Waals surface area contributed by atoms with Crippen molar-refractivity contribution in [1.82, 2.24) is 9.62 Å². The normalized spacial score (nSPS) is 11.4. The third-order valence-electron chi connectivity index (χ3n) is 4.37. The van der Waals surface area contributed by atoms with E-state index in [4.69, 9.17) is 0 Å². The molecule has 0 saturated carbocycles. The summed E-state index contributed by atoms with van der Waals surface area (Å²) in [6.07, 6.45) is 0. The van der Waals surface area contributed by atoms with E-state index in [1.165, 1.54) is 19.2 Å². The van der Waals surface area contributed by atoms with Crippen molar-refractivity contribution < 1.29 is 13.2 Å². The molecule has 0 aliphatic heterocycles. The average molecular weight is 390 g/mol. The SMILES string of the molecule is CCN(CC)c1ccc(CNC(=O)CN(C)S(=O)(=O)c2ccccc2)cc1. The third kappa shape index (κ3) is 5.55. The van der Waals surface area contributed by atoms with Crippen molar-refractivity contribution in [3.8, 4) is 0 Å². The summed E-state index contributed by atoms with van der Waals surface area (Å²) in [6, 6.07) is 16.1. The average Bonchev–Trinajstić information content (AvgIpc) is 2.69. The highest BCUT2D eigenvalue weighted by molar-refractivity contribution is 7.89. The molecule has 0 aliphatic rings. The zero-order chi connectivity index (χ0) is 19.9. The maximum Gasteiger partial charge on any atom is 0.243 e. The summed E-state index contributed by atoms with van der Waals surface area (Å²) < 4.78 is 25.9. The molecule has 1 amide bonds. The van der Waals surface area contributed by atoms with Gasteiger partial charge in [-0.1, -0.05) is 30.3 Å². The second-order valence-corrected chi connectivity index (χ2v) is 8.23. The lowest BCUT2D eigenvalue weighted by Gasteiger charge is -2.21. The summed E-state index contributed by atoms with van der Waals surface area (Å²) >= 11 is 0. The predicted octanol–water partition coefficient (Wildman–Crippen LogP) is 2.47. The molecule has 1 N–H and O–H groups in total. The Hall–Kier alpha value is -2.38. The standard InChI is InChI=1S/C20H27N3O3S/c1-4-23(5-2)18-13-11-17(12-14-18)15-21-20(24)16-22(3)27(25,26)19-9-7-6-8-10-19/h6-14H,4-5,15-16H2,1-3H3,(H,21,24). The van der Waals surface area contributed by atoms with Gasteiger partial charge in [0.2, 0.25) is 15.9 Å². The van der Waals surface area contributed by atoms with Gasteiger partial charge in [0.05, 0.1) is 11.4 Å². The molecule has 2 aromatic rings. The van der Waals surface area contributed by atoms with Crippen molar-refractivity contribution in [3.05, 3.63) is 60.2 Å². The second kappa shape index (κ2) is 9.53. The Kier molecular flexibility index (Phi) is 7.38. The van der Waals surface area contributed by atoms with Gasteiger partial charge in [-0.2, -0.15) is 4.31 Å². The molecule has 2 rings (SSSR count). The Morgan fingerprint density at radius 1 is 0.963 bits per heavy atom. The number of sulfonamides is 1. The van der Waals surface area contributed by atoms with E-state index >= 15 is 0 Å². The largest absolute Gasteiger partial charge is 0.372 e. The maximum atomic E-state index is 12.4. The highest BCUT2D eigenvalue weighted by Gasteiger charge is 2.22. The first-order valence-corrected chi connectivity index (χ1v) is 10.4. The molecule has 0 atom stereocenters. The van der Waals surface area contributed by atoms with Gasteiger partial charge < -0.3 is 10.2 Å². The van der Waals surface area contributed by atoms with Gasteiger partial charge in [-0.15, -0.1) is 0 Å². The summed E-state index contributed by atoms with van der Waals surface area (Å²) in [6.45, 7) is 6.23. The number of rotatable bonds is 9. The van der Waals surface area contributed by atoms with Gasteiger partial charge in [0.25, 0.3) is 0 Å². The van der Waals surface area contributed by atoms with Crippen LogP contribution in [-0.4, -0.2) is 45.3 Å². The number of benzene rings is 2. The van der Waals surface area contributed by atoms with Crippen molar-refractivity contribution in [2.45, 2.75) is 25.3 Å². The first-order valence-electron chi connectivity index (χ1n) is 9.00. The molecular weight excluding hydrogens is 362 g/mol. The lowest BCUT2D eigenvalue weighted by molar-refractivity contribution is -0.121. The van der Waals surface area contributed by atoms with Gasteiger partial charge in [-0.25, -0.2) is 8.42 Å². The fourth-order valence-electron chi connectivity index (χ4n) is 2.73. The van der Waals surface area contributed by atoms with E-state index in [-0.39, 0.29) is 17.3 Å². The van der Waals surface area contributed by atoms with Crippen LogP contribution < -0.4 is 10.2 Å². The highest BCUT2D eigenvalue weighted by atomic mass is 32.2. The van der Waals surface area contributed by atoms with E-state index in [9.17, 15) is 13.2 Å². The van der Waals surface area contributed by atoms with E-state index in [0.29, 0.717) is 6.54 Å². The van der Waals surface area contributed by atoms with E-state index in [2.05, 4.69) is 24.1 Å². The summed E-state index contributed by atoms with van der Waals surface area (Å²) in [7, 11) is -2.27. The minimum absolute atomic E-state index is 0.173. The van der Waals surface area contributed by atoms with Crippen LogP contribution in [0.25, 0.3) is 0 Å². The topological polar surface area (TPSA) is 69.7 Å². The van der Waals surface area contributed by atoms with E-state index < -0.39 is 10.0 Å². The molecule has 0 bridgehead atoms. The first kappa shape index (κ1) is 20.9. The van der Waals surface area contributed by atoms with E-state index in [0.717, 1.165) is 28.6 Å². The van der Waals surface area contributed by atoms with E-state index in [1.807, 2.05) is 24.3 Å². The van der Waals surface area contributed by atoms with Crippen molar-refractivity contribution in [3.63, 3.8) is 0 Å². The zero-order valence-corrected chi connectivity index (χ0v) is 16.9. The maximum absolute atomic E-state index is 12.4. The highest BCUT2D eigenvalue weighted by Crippen LogP contribution is 2.15. The van der Waals surface area contributed by atoms with E-state index in [1.54, 1.807) is 18.2 Å². The fraction of sp³-hybridized carbons (Fsp3) is 0.350. The van der Waals surface area contributed by atoms with Crippen LogP contribution in [0.2, 0.25) is 0 Å². The van der Waals surface area contributed by atoms with Crippen LogP contribution in [0.5, 0.6) is 0 Å². The molecule has 0 aliphatic carbocycles. The Bertz CT molecular complexity index is 833. The van der Waals surface area contributed by atoms with Crippen LogP contribution in [0, 0.1) is 0 Å². The lowest BCUT2D eigenvalue weighted by atomic mass is 10.2. The summed E-state index contributed by atoms with van der Waals surface area (Å²) in [5.74, 6) is -0.343. The van der Waals surface area contributed by atoms with Crippen LogP contribution in [0.4, 0.5) is 5.69 Å². The number of nitrogens with one attached hydrogen (secondary N) is 1. The third-order valence-corrected chi connectivity index (χ3v) is 6.19. The second-order valence-electron chi connectivity index (χ2n) is 6.19. The van der Waals surface area contributed by atoms with Gasteiger partial charge in [0, 0.05) is 32.4 Å². The smallest absolute Gasteiger partial charge is 0.243 e. The number of amides is 1. The van der Waals surface area contributed by atoms with Gasteiger partial charge in [0.15, 0.2) is 0 Å². The van der Waals surface area contributed by atoms with Crippen molar-refractivity contribution in [2.75, 3.05) is 31.6 Å². The van der Waals surface area contributed by atoms with Crippen LogP contribution in [0.3, 0.4) is 0 Å². The monoisotopic (exact) mass is 389 g/mol. The molecule has 0 spiro atoms. The fourth-order valence-corrected chi connectivity index (χ4v) is 3.88. The molecule has 7 heteroatoms. The predicted molar refractivity (Wildman–Crippen MR) is 108 cm³/mol. The number of carbonyl (C=O) groups excluding carboxylic acids is 1. The van der Waals surface area contributed by atoms with Gasteiger partial charge in [0.1, 0.15) is 0 Å². The Morgan fingerprint density at radius 2 is 1.56 bits per heavy atom. The Labute approximate surface area is 161 Å². The molecule has 27 heavy (non-hydrogen) atoms. The molecule has 6 nitrogen and oxygen atoms in total. The van der Waals surface area contributed by atoms with Gasteiger partial charge in [-0.05, 0) is 43.7 Å². The number of hydrogen-bond acceptors (Lipinski definition) is 4. The Morgan fingerprint density at radius 3 is 2.11 bits per heavy atom. The van der Waals surface area contributed by atoms with Crippen LogP contribution in [0.1, 0.15) is 19.4 Å². The number of nitrogens with zero attached hydrogens (tertiary/aromatic N) is 2. The quantitative estimate of drug-likeness (QED) is 0.715. The summed E-state index contributed by atoms with van der Waals surface area (Å²) in [5, 5.41) is 2.77. The molecule has 0 aromatic heterocycles. The molecule has 2 aromatic carbocycles. The van der Waals surface area contributed by atoms with Crippen molar-refractivity contribution in [1.29, 1.82) is 0 Å². The van der Waals surface area contributed by atoms with Crippen LogP contribution in [-0.2, 0) is 21.4 Å². The Balaban J connectivity index is 1.90. The molecule has 0 unspecified atom stereocenters. The van der Waals surface area contributed by atoms with Gasteiger partial charge in [-0.3, -0.25) is 4.79 Å². The summed E-state index contributed by atoms with van der Waals surface area (Å²) in [4.78, 5) is 14.6. The first-order chi connectivity index (χ1) is 12.9. The number of anilines is 1. The molecule has 0 heterocycles. The van der Waals surface area contributed by atoms with Crippen molar-refractivity contribution >= 4 is 21.6 Å². The minimum Gasteiger partial charge on any atom is -0.372 e. The molecule has 0 radical (unpaired) electrons. The molecule has 0 saturated heterocycles. The molecular formula is C20H27N3O3S. The number of likely N-dealkylation sites (N-methyl/N-ethyl adjacent to an activating group) is 1. The van der Waals surface area contributed by atoms with Crippen LogP contribution >= 0.6 is 0 Å². The van der Waals surface area contributed by atoms with Crippen LogP contribution in [0.15, 0.2) is 59.5 Å². The number of hydrogen-bond donors (Lipinski definition) is 1. The minimum atomic E-state index is -3.67.